The number of fused-ring (bicyclic) bond motifs is 2. The number of carbonyl (C=O) groups excluding carboxylic acids is 2. The Labute approximate surface area is 302 Å². The maximum atomic E-state index is 12.8. The van der Waals surface area contributed by atoms with Gasteiger partial charge in [-0.3, -0.25) is 9.59 Å². The molecule has 52 heavy (non-hydrogen) atoms. The van der Waals surface area contributed by atoms with Gasteiger partial charge in [0.05, 0.1) is 22.5 Å². The number of halogens is 2. The molecule has 6 aromatic heterocycles. The Morgan fingerprint density at radius 2 is 1.04 bits per heavy atom. The fourth-order valence-corrected chi connectivity index (χ4v) is 5.47. The SMILES string of the molecule is Cc1ccc2nc(-c3ccc(NC(=O)c4ccc(Cl)nc4)cc3)cn2c1.Cc1ccc2nc(-c3ccc(NC(=O)c4ccc([18F])nc4)cc3)cn2c1. The van der Waals surface area contributed by atoms with Crippen molar-refractivity contribution in [1.29, 1.82) is 0 Å². The van der Waals surface area contributed by atoms with E-state index in [0.29, 0.717) is 27.7 Å². The minimum Gasteiger partial charge on any atom is -0.322 e. The summed E-state index contributed by atoms with van der Waals surface area (Å²) in [6.07, 6.45) is 10.7. The molecular weight excluding hydrogens is 678 g/mol. The molecule has 0 atom stereocenters. The molecule has 8 rings (SSSR count). The third-order valence-corrected chi connectivity index (χ3v) is 8.28. The maximum Gasteiger partial charge on any atom is 0.257 e. The molecule has 10 nitrogen and oxygen atoms in total. The van der Waals surface area contributed by atoms with Crippen LogP contribution in [0.1, 0.15) is 31.8 Å². The number of carbonyl (C=O) groups is 2. The van der Waals surface area contributed by atoms with Gasteiger partial charge in [0.15, 0.2) is 0 Å². The summed E-state index contributed by atoms with van der Waals surface area (Å²) in [5.74, 6) is -1.19. The number of nitrogens with zero attached hydrogens (tertiary/aromatic N) is 6. The van der Waals surface area contributed by atoms with E-state index in [1.165, 1.54) is 24.0 Å². The molecule has 0 fully saturated rings. The number of pyridine rings is 4. The Morgan fingerprint density at radius 1 is 0.577 bits per heavy atom. The Bertz CT molecular complexity index is 2350. The summed E-state index contributed by atoms with van der Waals surface area (Å²) in [7, 11) is 0. The van der Waals surface area contributed by atoms with Gasteiger partial charge in [-0.05, 0) is 85.6 Å². The number of aryl methyl sites for hydroxylation is 2. The smallest absolute Gasteiger partial charge is 0.257 e. The number of imidazole rings is 2. The van der Waals surface area contributed by atoms with E-state index >= 15 is 0 Å². The van der Waals surface area contributed by atoms with Crippen molar-refractivity contribution >= 4 is 46.1 Å². The summed E-state index contributed by atoms with van der Waals surface area (Å²) in [6.45, 7) is 4.08. The largest absolute Gasteiger partial charge is 0.322 e. The van der Waals surface area contributed by atoms with E-state index in [1.54, 1.807) is 24.3 Å². The highest BCUT2D eigenvalue weighted by atomic mass is 35.5. The van der Waals surface area contributed by atoms with Crippen LogP contribution >= 0.6 is 11.6 Å². The van der Waals surface area contributed by atoms with Gasteiger partial charge in [0.1, 0.15) is 16.4 Å². The number of benzene rings is 2. The molecule has 0 unspecified atom stereocenters. The van der Waals surface area contributed by atoms with Gasteiger partial charge in [-0.2, -0.15) is 4.39 Å². The van der Waals surface area contributed by atoms with E-state index in [0.717, 1.165) is 45.4 Å². The molecule has 6 heterocycles. The van der Waals surface area contributed by atoms with Crippen molar-refractivity contribution in [2.24, 2.45) is 0 Å². The van der Waals surface area contributed by atoms with Gasteiger partial charge in [-0.25, -0.2) is 19.9 Å². The van der Waals surface area contributed by atoms with Crippen LogP contribution in [0, 0.1) is 19.8 Å². The van der Waals surface area contributed by atoms with Crippen LogP contribution in [0.3, 0.4) is 0 Å². The van der Waals surface area contributed by atoms with E-state index in [2.05, 4.69) is 30.6 Å². The third-order valence-electron chi connectivity index (χ3n) is 8.05. The van der Waals surface area contributed by atoms with Crippen LogP contribution in [0.25, 0.3) is 33.8 Å². The van der Waals surface area contributed by atoms with Crippen LogP contribution in [-0.4, -0.2) is 40.6 Å². The number of amides is 2. The predicted octanol–water partition coefficient (Wildman–Crippen LogP) is 8.71. The second-order valence-corrected chi connectivity index (χ2v) is 12.4. The van der Waals surface area contributed by atoms with Crippen molar-refractivity contribution < 1.29 is 14.0 Å². The molecule has 256 valence electrons. The fraction of sp³-hybridized carbons (Fsp3) is 0.0500. The molecule has 0 bridgehead atoms. The number of anilines is 2. The number of hydrogen-bond acceptors (Lipinski definition) is 6. The van der Waals surface area contributed by atoms with E-state index in [9.17, 15) is 14.0 Å². The molecule has 0 saturated carbocycles. The first-order valence-electron chi connectivity index (χ1n) is 16.1. The van der Waals surface area contributed by atoms with E-state index in [-0.39, 0.29) is 11.8 Å². The molecule has 2 N–H and O–H groups in total. The zero-order chi connectivity index (χ0) is 36.2. The fourth-order valence-electron chi connectivity index (χ4n) is 5.36. The second kappa shape index (κ2) is 14.6. The first-order valence-corrected chi connectivity index (χ1v) is 16.5. The van der Waals surface area contributed by atoms with Crippen LogP contribution in [0.4, 0.5) is 15.8 Å². The van der Waals surface area contributed by atoms with Crippen molar-refractivity contribution in [2.75, 3.05) is 10.6 Å². The lowest BCUT2D eigenvalue weighted by molar-refractivity contribution is 0.101. The zero-order valence-corrected chi connectivity index (χ0v) is 28.7. The topological polar surface area (TPSA) is 119 Å². The molecular formula is C40H30ClFN8O2. The van der Waals surface area contributed by atoms with Gasteiger partial charge < -0.3 is 19.4 Å². The van der Waals surface area contributed by atoms with Crippen LogP contribution in [0.2, 0.25) is 5.15 Å². The van der Waals surface area contributed by atoms with Crippen molar-refractivity contribution in [3.05, 3.63) is 168 Å². The molecule has 2 amide bonds. The van der Waals surface area contributed by atoms with Crippen LogP contribution in [0.15, 0.2) is 134 Å². The Kier molecular flexibility index (Phi) is 9.50. The summed E-state index contributed by atoms with van der Waals surface area (Å²) in [4.78, 5) is 41.0. The molecule has 2 aromatic carbocycles. The number of nitrogens with one attached hydrogen (secondary N) is 2. The zero-order valence-electron chi connectivity index (χ0n) is 28.0. The molecule has 0 aliphatic rings. The highest BCUT2D eigenvalue weighted by molar-refractivity contribution is 6.29. The monoisotopic (exact) mass is 707 g/mol. The molecule has 12 heteroatoms. The lowest BCUT2D eigenvalue weighted by Crippen LogP contribution is -2.12. The average Bonchev–Trinajstić information content (AvgIpc) is 3.77. The maximum absolute atomic E-state index is 12.8. The molecule has 0 spiro atoms. The Balaban J connectivity index is 0.000000162. The highest BCUT2D eigenvalue weighted by Crippen LogP contribution is 2.24. The predicted molar refractivity (Wildman–Crippen MR) is 200 cm³/mol. The normalized spacial score (nSPS) is 10.8. The summed E-state index contributed by atoms with van der Waals surface area (Å²) >= 11 is 5.74. The highest BCUT2D eigenvalue weighted by Gasteiger charge is 2.10. The quantitative estimate of drug-likeness (QED) is 0.167. The summed E-state index contributed by atoms with van der Waals surface area (Å²) in [5, 5.41) is 5.96. The molecule has 0 radical (unpaired) electrons. The Hall–Kier alpha value is -6.72. The number of aromatic nitrogens is 6. The van der Waals surface area contributed by atoms with Crippen molar-refractivity contribution in [1.82, 2.24) is 28.7 Å². The van der Waals surface area contributed by atoms with E-state index in [1.807, 2.05) is 108 Å². The standard InChI is InChI=1S/C20H15ClN4O.C20H15FN4O/c2*1-13-2-9-19-24-17(12-25(19)11-13)14-3-6-16(7-4-14)23-20(26)15-5-8-18(21)22-10-15/h2*2-12H,1H3,(H,23,26)/i;21-1. The van der Waals surface area contributed by atoms with E-state index < -0.39 is 5.95 Å². The molecule has 8 aromatic rings. The minimum absolute atomic E-state index is 0.231. The van der Waals surface area contributed by atoms with Gasteiger partial charge in [-0.15, -0.1) is 0 Å². The number of rotatable bonds is 6. The number of hydrogen-bond donors (Lipinski definition) is 2. The van der Waals surface area contributed by atoms with Crippen LogP contribution in [-0.2, 0) is 0 Å². The van der Waals surface area contributed by atoms with Gasteiger partial charge in [-0.1, -0.05) is 48.0 Å². The van der Waals surface area contributed by atoms with E-state index in [4.69, 9.17) is 11.6 Å². The van der Waals surface area contributed by atoms with Crippen molar-refractivity contribution in [3.63, 3.8) is 0 Å². The summed E-state index contributed by atoms with van der Waals surface area (Å²) in [5.41, 5.74) is 9.89. The van der Waals surface area contributed by atoms with Crippen molar-refractivity contribution in [3.8, 4) is 22.5 Å². The molecule has 0 aliphatic carbocycles. The summed E-state index contributed by atoms with van der Waals surface area (Å²) < 4.78 is 16.8. The molecule has 0 aliphatic heterocycles. The third kappa shape index (κ3) is 7.85. The van der Waals surface area contributed by atoms with Gasteiger partial charge >= 0.3 is 0 Å². The first kappa shape index (κ1) is 33.8. The minimum atomic E-state index is -0.617. The first-order chi connectivity index (χ1) is 25.2. The van der Waals surface area contributed by atoms with Gasteiger partial charge in [0.25, 0.3) is 11.8 Å². The van der Waals surface area contributed by atoms with Gasteiger partial charge in [0, 0.05) is 59.7 Å². The van der Waals surface area contributed by atoms with Crippen molar-refractivity contribution in [2.45, 2.75) is 13.8 Å². The molecule has 0 saturated heterocycles. The lowest BCUT2D eigenvalue weighted by Gasteiger charge is -2.06. The van der Waals surface area contributed by atoms with Crippen LogP contribution < -0.4 is 10.6 Å². The van der Waals surface area contributed by atoms with Crippen LogP contribution in [0.5, 0.6) is 0 Å². The Morgan fingerprint density at radius 3 is 1.46 bits per heavy atom. The second-order valence-electron chi connectivity index (χ2n) is 12.0. The van der Waals surface area contributed by atoms with Gasteiger partial charge in [0.2, 0.25) is 5.95 Å². The lowest BCUT2D eigenvalue weighted by atomic mass is 10.1. The summed E-state index contributed by atoms with van der Waals surface area (Å²) in [6, 6.07) is 28.8. The average molecular weight is 708 g/mol.